The minimum atomic E-state index is -0.240. The molecule has 5 nitrogen and oxygen atoms in total. The van der Waals surface area contributed by atoms with Gasteiger partial charge in [0.05, 0.1) is 6.61 Å². The van der Waals surface area contributed by atoms with E-state index in [-0.39, 0.29) is 24.0 Å². The van der Waals surface area contributed by atoms with Crippen molar-refractivity contribution in [2.75, 3.05) is 6.61 Å². The molecule has 1 saturated carbocycles. The van der Waals surface area contributed by atoms with Crippen LogP contribution in [0.25, 0.3) is 0 Å². The number of aliphatic hydroxyl groups is 1. The molecule has 110 valence electrons. The van der Waals surface area contributed by atoms with E-state index in [1.54, 1.807) is 0 Å². The second-order valence-corrected chi connectivity index (χ2v) is 5.55. The Bertz CT molecular complexity index is 442. The Morgan fingerprint density at radius 2 is 1.95 bits per heavy atom. The molecular weight excluding hydrogens is 254 g/mol. The second-order valence-electron chi connectivity index (χ2n) is 5.55. The van der Waals surface area contributed by atoms with Crippen LogP contribution in [0.2, 0.25) is 0 Å². The highest BCUT2D eigenvalue weighted by atomic mass is 16.4. The van der Waals surface area contributed by atoms with Crippen molar-refractivity contribution < 1.29 is 10.3 Å². The summed E-state index contributed by atoms with van der Waals surface area (Å²) in [6.07, 6.45) is 4.59. The van der Waals surface area contributed by atoms with Crippen LogP contribution in [0.3, 0.4) is 0 Å². The summed E-state index contributed by atoms with van der Waals surface area (Å²) in [5.74, 6) is 0.192. The van der Waals surface area contributed by atoms with Crippen molar-refractivity contribution in [1.29, 1.82) is 0 Å². The van der Waals surface area contributed by atoms with E-state index in [1.807, 2.05) is 30.3 Å². The average Bonchev–Trinajstić information content (AvgIpc) is 2.96. The summed E-state index contributed by atoms with van der Waals surface area (Å²) in [6, 6.07) is 9.87. The van der Waals surface area contributed by atoms with Crippen molar-refractivity contribution in [3.05, 3.63) is 35.9 Å². The quantitative estimate of drug-likeness (QED) is 0.276. The van der Waals surface area contributed by atoms with Crippen molar-refractivity contribution in [2.45, 2.75) is 43.7 Å². The SMILES string of the molecule is NC(CC(NC1(CO)CCCC1)c1ccccc1)=NO. The predicted octanol–water partition coefficient (Wildman–Crippen LogP) is 1.76. The molecule has 1 aliphatic carbocycles. The van der Waals surface area contributed by atoms with Crippen molar-refractivity contribution in [1.82, 2.24) is 5.32 Å². The lowest BCUT2D eigenvalue weighted by Crippen LogP contribution is -2.48. The molecular formula is C15H23N3O2. The minimum absolute atomic E-state index is 0.0580. The number of rotatable bonds is 6. The lowest BCUT2D eigenvalue weighted by Gasteiger charge is -2.33. The monoisotopic (exact) mass is 277 g/mol. The molecule has 1 unspecified atom stereocenters. The van der Waals surface area contributed by atoms with Gasteiger partial charge in [0.1, 0.15) is 5.84 Å². The van der Waals surface area contributed by atoms with Crippen LogP contribution in [0.15, 0.2) is 35.5 Å². The molecule has 5 N–H and O–H groups in total. The molecule has 2 rings (SSSR count). The summed E-state index contributed by atoms with van der Waals surface area (Å²) in [5.41, 5.74) is 6.51. The number of hydrogen-bond acceptors (Lipinski definition) is 4. The van der Waals surface area contributed by atoms with Crippen LogP contribution in [0.5, 0.6) is 0 Å². The molecule has 0 radical (unpaired) electrons. The summed E-state index contributed by atoms with van der Waals surface area (Å²) in [7, 11) is 0. The smallest absolute Gasteiger partial charge is 0.141 e. The van der Waals surface area contributed by atoms with Crippen LogP contribution in [0.1, 0.15) is 43.7 Å². The largest absolute Gasteiger partial charge is 0.409 e. The first-order valence-electron chi connectivity index (χ1n) is 7.09. The minimum Gasteiger partial charge on any atom is -0.409 e. The van der Waals surface area contributed by atoms with Crippen LogP contribution in [0, 0.1) is 0 Å². The van der Waals surface area contributed by atoms with Gasteiger partial charge in [0.25, 0.3) is 0 Å². The van der Waals surface area contributed by atoms with E-state index < -0.39 is 0 Å². The molecule has 1 aliphatic rings. The van der Waals surface area contributed by atoms with Crippen molar-refractivity contribution in [3.63, 3.8) is 0 Å². The molecule has 0 amide bonds. The Morgan fingerprint density at radius 1 is 1.30 bits per heavy atom. The zero-order chi connectivity index (χ0) is 14.4. The topological polar surface area (TPSA) is 90.9 Å². The number of nitrogens with two attached hydrogens (primary N) is 1. The Labute approximate surface area is 119 Å². The van der Waals surface area contributed by atoms with E-state index >= 15 is 0 Å². The zero-order valence-corrected chi connectivity index (χ0v) is 11.6. The molecule has 0 saturated heterocycles. The number of nitrogens with zero attached hydrogens (tertiary/aromatic N) is 1. The third-order valence-electron chi connectivity index (χ3n) is 4.09. The highest BCUT2D eigenvalue weighted by Crippen LogP contribution is 2.32. The molecule has 0 heterocycles. The van der Waals surface area contributed by atoms with Gasteiger partial charge < -0.3 is 21.4 Å². The van der Waals surface area contributed by atoms with Gasteiger partial charge in [0, 0.05) is 18.0 Å². The van der Waals surface area contributed by atoms with E-state index in [9.17, 15) is 5.11 Å². The fraction of sp³-hybridized carbons (Fsp3) is 0.533. The van der Waals surface area contributed by atoms with Gasteiger partial charge in [-0.2, -0.15) is 0 Å². The Kier molecular flexibility index (Phi) is 4.98. The molecule has 20 heavy (non-hydrogen) atoms. The van der Waals surface area contributed by atoms with Gasteiger partial charge in [-0.15, -0.1) is 0 Å². The fourth-order valence-electron chi connectivity index (χ4n) is 2.96. The first-order valence-corrected chi connectivity index (χ1v) is 7.09. The van der Waals surface area contributed by atoms with Gasteiger partial charge in [-0.3, -0.25) is 0 Å². The summed E-state index contributed by atoms with van der Waals surface area (Å²) in [4.78, 5) is 0. The van der Waals surface area contributed by atoms with E-state index in [2.05, 4.69) is 10.5 Å². The predicted molar refractivity (Wildman–Crippen MR) is 78.6 cm³/mol. The molecule has 0 aliphatic heterocycles. The number of nitrogens with one attached hydrogen (secondary N) is 1. The molecule has 0 spiro atoms. The van der Waals surface area contributed by atoms with Crippen molar-refractivity contribution >= 4 is 5.84 Å². The van der Waals surface area contributed by atoms with Gasteiger partial charge in [-0.25, -0.2) is 0 Å². The van der Waals surface area contributed by atoms with Crippen LogP contribution in [0.4, 0.5) is 0 Å². The molecule has 1 aromatic carbocycles. The number of aliphatic hydroxyl groups excluding tert-OH is 1. The molecule has 1 aromatic rings. The standard InChI is InChI=1S/C15H23N3O2/c16-14(18-20)10-13(12-6-2-1-3-7-12)17-15(11-19)8-4-5-9-15/h1-3,6-7,13,17,19-20H,4-5,8-11H2,(H2,16,18). The first-order chi connectivity index (χ1) is 9.69. The van der Waals surface area contributed by atoms with Crippen LogP contribution in [-0.4, -0.2) is 28.3 Å². The normalized spacial score (nSPS) is 19.9. The number of hydrogen-bond donors (Lipinski definition) is 4. The van der Waals surface area contributed by atoms with Gasteiger partial charge >= 0.3 is 0 Å². The van der Waals surface area contributed by atoms with Gasteiger partial charge in [-0.1, -0.05) is 48.3 Å². The number of amidine groups is 1. The summed E-state index contributed by atoms with van der Waals surface area (Å²) in [6.45, 7) is 0.118. The van der Waals surface area contributed by atoms with E-state index in [1.165, 1.54) is 0 Å². The Morgan fingerprint density at radius 3 is 2.50 bits per heavy atom. The highest BCUT2D eigenvalue weighted by molar-refractivity contribution is 5.80. The summed E-state index contributed by atoms with van der Waals surface area (Å²) < 4.78 is 0. The third-order valence-corrected chi connectivity index (χ3v) is 4.09. The van der Waals surface area contributed by atoms with Gasteiger partial charge in [0.2, 0.25) is 0 Å². The first kappa shape index (κ1) is 14.8. The fourth-order valence-corrected chi connectivity index (χ4v) is 2.96. The van der Waals surface area contributed by atoms with E-state index in [4.69, 9.17) is 10.9 Å². The summed E-state index contributed by atoms with van der Waals surface area (Å²) >= 11 is 0. The Hall–Kier alpha value is -1.59. The second kappa shape index (κ2) is 6.72. The lowest BCUT2D eigenvalue weighted by atomic mass is 9.94. The average molecular weight is 277 g/mol. The Balaban J connectivity index is 2.18. The van der Waals surface area contributed by atoms with Crippen LogP contribution in [-0.2, 0) is 0 Å². The zero-order valence-electron chi connectivity index (χ0n) is 11.6. The maximum Gasteiger partial charge on any atom is 0.141 e. The molecule has 1 fully saturated rings. The highest BCUT2D eigenvalue weighted by Gasteiger charge is 2.35. The van der Waals surface area contributed by atoms with Gasteiger partial charge in [0.15, 0.2) is 0 Å². The third kappa shape index (κ3) is 3.49. The van der Waals surface area contributed by atoms with Crippen molar-refractivity contribution in [3.8, 4) is 0 Å². The molecule has 0 bridgehead atoms. The molecule has 0 aromatic heterocycles. The number of benzene rings is 1. The van der Waals surface area contributed by atoms with Crippen molar-refractivity contribution in [2.24, 2.45) is 10.9 Å². The van der Waals surface area contributed by atoms with E-state index in [0.29, 0.717) is 6.42 Å². The van der Waals surface area contributed by atoms with Crippen LogP contribution >= 0.6 is 0 Å². The molecule has 5 heteroatoms. The van der Waals surface area contributed by atoms with E-state index in [0.717, 1.165) is 31.2 Å². The lowest BCUT2D eigenvalue weighted by molar-refractivity contribution is 0.151. The summed E-state index contributed by atoms with van der Waals surface area (Å²) in [5, 5.41) is 25.1. The van der Waals surface area contributed by atoms with Crippen LogP contribution < -0.4 is 11.1 Å². The maximum atomic E-state index is 9.73. The molecule has 1 atom stereocenters. The number of oxime groups is 1. The van der Waals surface area contributed by atoms with Gasteiger partial charge in [-0.05, 0) is 18.4 Å². The maximum absolute atomic E-state index is 9.73.